The molecule has 0 fully saturated rings. The average Bonchev–Trinajstić information content (AvgIpc) is 3.61. The number of nitrogens with zero attached hydrogens (tertiary/aromatic N) is 6. The third kappa shape index (κ3) is 3.92. The number of hydrazone groups is 1. The minimum atomic E-state index is -0.649. The molecule has 0 bridgehead atoms. The summed E-state index contributed by atoms with van der Waals surface area (Å²) in [5.74, 6) is 0.673. The molecule has 5 rings (SSSR count). The molecular formula is C21H18N8O6. The van der Waals surface area contributed by atoms with Gasteiger partial charge < -0.3 is 25.1 Å². The number of phenolic OH excluding ortho intramolecular Hbond substituents is 1. The van der Waals surface area contributed by atoms with Gasteiger partial charge in [-0.2, -0.15) is 9.78 Å². The third-order valence-corrected chi connectivity index (χ3v) is 5.15. The molecule has 1 amide bonds. The first kappa shape index (κ1) is 21.7. The van der Waals surface area contributed by atoms with E-state index in [4.69, 9.17) is 19.9 Å². The summed E-state index contributed by atoms with van der Waals surface area (Å²) < 4.78 is 21.8. The topological polar surface area (TPSA) is 185 Å². The van der Waals surface area contributed by atoms with Crippen LogP contribution in [-0.4, -0.2) is 55.9 Å². The molecule has 14 nitrogen and oxygen atoms in total. The van der Waals surface area contributed by atoms with Crippen LogP contribution in [-0.2, 0) is 0 Å². The number of anilines is 1. The molecule has 1 aliphatic rings. The summed E-state index contributed by atoms with van der Waals surface area (Å²) in [7, 11) is 1.44. The lowest BCUT2D eigenvalue weighted by Crippen LogP contribution is -2.21. The summed E-state index contributed by atoms with van der Waals surface area (Å²) in [4.78, 5) is 13.1. The van der Waals surface area contributed by atoms with E-state index in [0.29, 0.717) is 28.3 Å². The number of hydrogen-bond donors (Lipinski definition) is 3. The molecule has 4 N–H and O–H groups in total. The number of methoxy groups -OCH3 is 1. The SMILES string of the molecule is COc1cc(/C(C)=N/NC(=O)c2nnn(-c3nonc3N)c2-c2ccc3c(c2)OCO3)ccc1O. The van der Waals surface area contributed by atoms with Crippen molar-refractivity contribution >= 4 is 17.4 Å². The fraction of sp³-hybridized carbons (Fsp3) is 0.143. The van der Waals surface area contributed by atoms with Crippen LogP contribution < -0.4 is 25.4 Å². The van der Waals surface area contributed by atoms with E-state index in [0.717, 1.165) is 0 Å². The Hall–Kier alpha value is -5.14. The fourth-order valence-corrected chi connectivity index (χ4v) is 3.38. The summed E-state index contributed by atoms with van der Waals surface area (Å²) in [6.45, 7) is 1.77. The number of aromatic hydroxyl groups is 1. The summed E-state index contributed by atoms with van der Waals surface area (Å²) in [5, 5.41) is 29.3. The fourth-order valence-electron chi connectivity index (χ4n) is 3.38. The van der Waals surface area contributed by atoms with Crippen molar-refractivity contribution < 1.29 is 28.7 Å². The van der Waals surface area contributed by atoms with Gasteiger partial charge in [-0.3, -0.25) is 4.79 Å². The Balaban J connectivity index is 1.51. The number of fused-ring (bicyclic) bond motifs is 1. The van der Waals surface area contributed by atoms with Crippen molar-refractivity contribution in [2.24, 2.45) is 5.10 Å². The maximum absolute atomic E-state index is 13.1. The molecule has 0 saturated heterocycles. The number of hydrogen-bond acceptors (Lipinski definition) is 12. The Morgan fingerprint density at radius 2 is 2.03 bits per heavy atom. The number of amides is 1. The molecule has 2 aromatic carbocycles. The highest BCUT2D eigenvalue weighted by atomic mass is 16.7. The molecule has 0 saturated carbocycles. The van der Waals surface area contributed by atoms with Crippen molar-refractivity contribution in [2.75, 3.05) is 19.6 Å². The van der Waals surface area contributed by atoms with Crippen LogP contribution in [0.15, 0.2) is 46.1 Å². The van der Waals surface area contributed by atoms with E-state index in [1.54, 1.807) is 37.3 Å². The van der Waals surface area contributed by atoms with Crippen LogP contribution in [0.2, 0.25) is 0 Å². The molecule has 178 valence electrons. The van der Waals surface area contributed by atoms with E-state index in [2.05, 4.69) is 35.8 Å². The molecule has 2 aromatic heterocycles. The monoisotopic (exact) mass is 478 g/mol. The van der Waals surface area contributed by atoms with Gasteiger partial charge in [0, 0.05) is 11.1 Å². The lowest BCUT2D eigenvalue weighted by atomic mass is 10.1. The molecule has 0 spiro atoms. The van der Waals surface area contributed by atoms with Crippen LogP contribution >= 0.6 is 0 Å². The van der Waals surface area contributed by atoms with E-state index >= 15 is 0 Å². The second kappa shape index (κ2) is 8.66. The van der Waals surface area contributed by atoms with Crippen LogP contribution in [0.25, 0.3) is 17.1 Å². The van der Waals surface area contributed by atoms with E-state index in [1.807, 2.05) is 0 Å². The normalized spacial score (nSPS) is 12.6. The van der Waals surface area contributed by atoms with Crippen molar-refractivity contribution in [3.8, 4) is 40.1 Å². The van der Waals surface area contributed by atoms with Gasteiger partial charge in [-0.25, -0.2) is 10.1 Å². The number of carbonyl (C=O) groups is 1. The van der Waals surface area contributed by atoms with Gasteiger partial charge in [0.15, 0.2) is 28.7 Å². The molecule has 0 unspecified atom stereocenters. The Morgan fingerprint density at radius 1 is 1.20 bits per heavy atom. The van der Waals surface area contributed by atoms with Gasteiger partial charge in [-0.15, -0.1) is 5.10 Å². The Morgan fingerprint density at radius 3 is 2.80 bits per heavy atom. The minimum Gasteiger partial charge on any atom is -0.504 e. The molecule has 0 radical (unpaired) electrons. The standard InChI is InChI=1S/C21H18N8O6/c1-10(11-3-5-13(30)15(7-11)32-2)23-25-21(31)17-18(12-4-6-14-16(8-12)34-9-33-14)29(28-24-17)20-19(22)26-35-27-20/h3-8,30H,9H2,1-2H3,(H2,22,26)(H,25,31)/b23-10+. The Kier molecular flexibility index (Phi) is 5.37. The molecular weight excluding hydrogens is 460 g/mol. The van der Waals surface area contributed by atoms with E-state index in [-0.39, 0.29) is 41.3 Å². The van der Waals surface area contributed by atoms with Gasteiger partial charge in [0.2, 0.25) is 18.4 Å². The first-order valence-electron chi connectivity index (χ1n) is 10.1. The molecule has 3 heterocycles. The lowest BCUT2D eigenvalue weighted by molar-refractivity contribution is 0.0950. The predicted molar refractivity (Wildman–Crippen MR) is 120 cm³/mol. The maximum atomic E-state index is 13.1. The number of nitrogen functional groups attached to an aromatic ring is 1. The predicted octanol–water partition coefficient (Wildman–Crippen LogP) is 1.50. The molecule has 35 heavy (non-hydrogen) atoms. The van der Waals surface area contributed by atoms with Crippen LogP contribution in [0.4, 0.5) is 5.82 Å². The molecule has 14 heteroatoms. The maximum Gasteiger partial charge on any atom is 0.294 e. The van der Waals surface area contributed by atoms with Crippen molar-refractivity contribution in [2.45, 2.75) is 6.92 Å². The second-order valence-electron chi connectivity index (χ2n) is 7.26. The van der Waals surface area contributed by atoms with Gasteiger partial charge in [-0.1, -0.05) is 5.21 Å². The average molecular weight is 478 g/mol. The van der Waals surface area contributed by atoms with Gasteiger partial charge in [0.1, 0.15) is 5.69 Å². The number of nitrogens with two attached hydrogens (primary N) is 1. The van der Waals surface area contributed by atoms with Crippen LogP contribution in [0, 0.1) is 0 Å². The van der Waals surface area contributed by atoms with Crippen molar-refractivity contribution in [3.63, 3.8) is 0 Å². The number of aromatic nitrogens is 5. The number of phenols is 1. The number of nitrogens with one attached hydrogen (secondary N) is 1. The number of carbonyl (C=O) groups excluding carboxylic acids is 1. The highest BCUT2D eigenvalue weighted by Gasteiger charge is 2.27. The zero-order chi connectivity index (χ0) is 24.5. The van der Waals surface area contributed by atoms with E-state index in [9.17, 15) is 9.90 Å². The summed E-state index contributed by atoms with van der Waals surface area (Å²) in [6, 6.07) is 9.78. The van der Waals surface area contributed by atoms with Crippen LogP contribution in [0.3, 0.4) is 0 Å². The van der Waals surface area contributed by atoms with Crippen molar-refractivity contribution in [1.82, 2.24) is 30.7 Å². The molecule has 4 aromatic rings. The minimum absolute atomic E-state index is 0.0142. The van der Waals surface area contributed by atoms with Crippen LogP contribution in [0.5, 0.6) is 23.0 Å². The van der Waals surface area contributed by atoms with Crippen molar-refractivity contribution in [3.05, 3.63) is 47.7 Å². The largest absolute Gasteiger partial charge is 0.504 e. The van der Waals surface area contributed by atoms with Gasteiger partial charge in [0.25, 0.3) is 5.91 Å². The molecule has 1 aliphatic heterocycles. The summed E-state index contributed by atoms with van der Waals surface area (Å²) in [6.07, 6.45) is 0. The molecule has 0 aliphatic carbocycles. The first-order valence-corrected chi connectivity index (χ1v) is 10.1. The molecule has 0 atom stereocenters. The summed E-state index contributed by atoms with van der Waals surface area (Å²) >= 11 is 0. The highest BCUT2D eigenvalue weighted by Crippen LogP contribution is 2.37. The van der Waals surface area contributed by atoms with E-state index < -0.39 is 5.91 Å². The van der Waals surface area contributed by atoms with E-state index in [1.165, 1.54) is 17.9 Å². The zero-order valence-corrected chi connectivity index (χ0v) is 18.4. The van der Waals surface area contributed by atoms with Gasteiger partial charge in [-0.05, 0) is 53.6 Å². The number of ether oxygens (including phenoxy) is 3. The summed E-state index contributed by atoms with van der Waals surface area (Å²) in [5.41, 5.74) is 10.1. The number of rotatable bonds is 6. The zero-order valence-electron chi connectivity index (χ0n) is 18.4. The smallest absolute Gasteiger partial charge is 0.294 e. The highest BCUT2D eigenvalue weighted by molar-refractivity contribution is 6.02. The van der Waals surface area contributed by atoms with Crippen molar-refractivity contribution in [1.29, 1.82) is 0 Å². The Bertz CT molecular complexity index is 1460. The van der Waals surface area contributed by atoms with Crippen LogP contribution in [0.1, 0.15) is 23.0 Å². The quantitative estimate of drug-likeness (QED) is 0.269. The second-order valence-corrected chi connectivity index (χ2v) is 7.26. The third-order valence-electron chi connectivity index (χ3n) is 5.15. The van der Waals surface area contributed by atoms with Gasteiger partial charge in [0.05, 0.1) is 12.8 Å². The number of benzene rings is 2. The first-order chi connectivity index (χ1) is 17.0. The van der Waals surface area contributed by atoms with Gasteiger partial charge >= 0.3 is 0 Å². The lowest BCUT2D eigenvalue weighted by Gasteiger charge is -2.08. The Labute approximate surface area is 196 Å².